The van der Waals surface area contributed by atoms with Crippen molar-refractivity contribution in [1.29, 1.82) is 0 Å². The first-order valence-corrected chi connectivity index (χ1v) is 8.21. The molecule has 22 heavy (non-hydrogen) atoms. The molecule has 1 aliphatic rings. The summed E-state index contributed by atoms with van der Waals surface area (Å²) in [5.41, 5.74) is 2.38. The van der Waals surface area contributed by atoms with Gasteiger partial charge in [0.05, 0.1) is 0 Å². The van der Waals surface area contributed by atoms with Crippen molar-refractivity contribution in [3.8, 4) is 5.75 Å². The Hall–Kier alpha value is -1.51. The predicted octanol–water partition coefficient (Wildman–Crippen LogP) is 5.07. The van der Waals surface area contributed by atoms with Gasteiger partial charge in [-0.15, -0.1) is 0 Å². The minimum atomic E-state index is 0.369. The fraction of sp³-hybridized carbons (Fsp3) is 0.368. The summed E-state index contributed by atoms with van der Waals surface area (Å²) in [6.45, 7) is 2.82. The molecule has 1 fully saturated rings. The Labute approximate surface area is 137 Å². The van der Waals surface area contributed by atoms with E-state index >= 15 is 0 Å². The van der Waals surface area contributed by atoms with Crippen molar-refractivity contribution < 1.29 is 4.74 Å². The van der Waals surface area contributed by atoms with Gasteiger partial charge in [0.15, 0.2) is 0 Å². The maximum absolute atomic E-state index is 6.06. The number of rotatable bonds is 6. The van der Waals surface area contributed by atoms with E-state index in [2.05, 4.69) is 37.1 Å². The molecule has 2 aromatic rings. The van der Waals surface area contributed by atoms with Gasteiger partial charge >= 0.3 is 0 Å². The van der Waals surface area contributed by atoms with Gasteiger partial charge in [-0.05, 0) is 50.6 Å². The average molecular weight is 316 g/mol. The summed E-state index contributed by atoms with van der Waals surface area (Å²) in [5.74, 6) is 0.970. The molecule has 0 spiro atoms. The molecule has 0 radical (unpaired) electrons. The second-order valence-electron chi connectivity index (χ2n) is 6.03. The van der Waals surface area contributed by atoms with Crippen LogP contribution >= 0.6 is 11.6 Å². The fourth-order valence-electron chi connectivity index (χ4n) is 2.72. The molecule has 2 aromatic carbocycles. The molecule has 3 heteroatoms. The van der Waals surface area contributed by atoms with E-state index in [-0.39, 0.29) is 0 Å². The summed E-state index contributed by atoms with van der Waals surface area (Å²) >= 11 is 5.92. The number of para-hydroxylation sites is 1. The van der Waals surface area contributed by atoms with Crippen LogP contribution < -0.4 is 4.74 Å². The summed E-state index contributed by atoms with van der Waals surface area (Å²) in [5, 5.41) is 0.754. The zero-order valence-corrected chi connectivity index (χ0v) is 13.9. The van der Waals surface area contributed by atoms with E-state index in [1.165, 1.54) is 18.4 Å². The third-order valence-corrected chi connectivity index (χ3v) is 4.66. The molecule has 2 nitrogen and oxygen atoms in total. The number of hydrogen-bond donors (Lipinski definition) is 0. The van der Waals surface area contributed by atoms with Gasteiger partial charge in [-0.25, -0.2) is 0 Å². The first-order valence-electron chi connectivity index (χ1n) is 7.83. The van der Waals surface area contributed by atoms with Gasteiger partial charge < -0.3 is 4.74 Å². The second kappa shape index (κ2) is 6.72. The van der Waals surface area contributed by atoms with Crippen LogP contribution in [0.15, 0.2) is 48.5 Å². The predicted molar refractivity (Wildman–Crippen MR) is 91.4 cm³/mol. The highest BCUT2D eigenvalue weighted by Gasteiger charge is 2.30. The maximum atomic E-state index is 6.06. The molecule has 0 saturated heterocycles. The zero-order chi connectivity index (χ0) is 15.5. The maximum Gasteiger partial charge on any atom is 0.124 e. The van der Waals surface area contributed by atoms with Gasteiger partial charge in [0, 0.05) is 22.7 Å². The summed E-state index contributed by atoms with van der Waals surface area (Å²) in [6.07, 6.45) is 2.63. The molecule has 0 bridgehead atoms. The second-order valence-corrected chi connectivity index (χ2v) is 6.46. The van der Waals surface area contributed by atoms with E-state index < -0.39 is 0 Å². The SMILES string of the molecule is CC(c1ccccc1OCc1ccc(Cl)cc1)N(C)C1CC1. The average Bonchev–Trinajstić information content (AvgIpc) is 3.38. The van der Waals surface area contributed by atoms with Crippen LogP contribution in [0.25, 0.3) is 0 Å². The lowest BCUT2D eigenvalue weighted by Gasteiger charge is -2.26. The van der Waals surface area contributed by atoms with E-state index in [1.807, 2.05) is 30.3 Å². The molecular formula is C19H22ClNO. The minimum Gasteiger partial charge on any atom is -0.489 e. The van der Waals surface area contributed by atoms with E-state index in [4.69, 9.17) is 16.3 Å². The van der Waals surface area contributed by atoms with Crippen LogP contribution in [0.2, 0.25) is 5.02 Å². The van der Waals surface area contributed by atoms with Crippen LogP contribution in [0.4, 0.5) is 0 Å². The standard InChI is InChI=1S/C19H22ClNO/c1-14(21(2)17-11-12-17)18-5-3-4-6-19(18)22-13-15-7-9-16(20)10-8-15/h3-10,14,17H,11-13H2,1-2H3. The van der Waals surface area contributed by atoms with Crippen molar-refractivity contribution in [2.75, 3.05) is 7.05 Å². The number of nitrogens with zero attached hydrogens (tertiary/aromatic N) is 1. The van der Waals surface area contributed by atoms with Crippen LogP contribution in [0, 0.1) is 0 Å². The quantitative estimate of drug-likeness (QED) is 0.737. The highest BCUT2D eigenvalue weighted by atomic mass is 35.5. The Morgan fingerprint density at radius 1 is 1.14 bits per heavy atom. The summed E-state index contributed by atoms with van der Waals surface area (Å²) in [7, 11) is 2.21. The molecule has 1 aliphatic carbocycles. The molecule has 116 valence electrons. The molecule has 0 N–H and O–H groups in total. The van der Waals surface area contributed by atoms with Crippen molar-refractivity contribution in [1.82, 2.24) is 4.90 Å². The summed E-state index contributed by atoms with van der Waals surface area (Å²) < 4.78 is 6.06. The van der Waals surface area contributed by atoms with Gasteiger partial charge in [0.2, 0.25) is 0 Å². The third kappa shape index (κ3) is 3.63. The van der Waals surface area contributed by atoms with E-state index in [1.54, 1.807) is 0 Å². The fourth-order valence-corrected chi connectivity index (χ4v) is 2.84. The number of halogens is 1. The summed E-state index contributed by atoms with van der Waals surface area (Å²) in [6, 6.07) is 17.3. The van der Waals surface area contributed by atoms with Crippen LogP contribution in [-0.2, 0) is 6.61 Å². The Morgan fingerprint density at radius 3 is 2.50 bits per heavy atom. The largest absolute Gasteiger partial charge is 0.489 e. The molecule has 1 unspecified atom stereocenters. The van der Waals surface area contributed by atoms with Crippen LogP contribution in [0.1, 0.15) is 36.9 Å². The molecule has 1 saturated carbocycles. The van der Waals surface area contributed by atoms with Crippen LogP contribution in [-0.4, -0.2) is 18.0 Å². The molecule has 3 rings (SSSR count). The molecule has 0 amide bonds. The molecule has 1 atom stereocenters. The van der Waals surface area contributed by atoms with E-state index in [9.17, 15) is 0 Å². The van der Waals surface area contributed by atoms with Gasteiger partial charge in [-0.3, -0.25) is 4.90 Å². The number of benzene rings is 2. The van der Waals surface area contributed by atoms with Crippen molar-refractivity contribution in [2.45, 2.75) is 38.5 Å². The Balaban J connectivity index is 1.71. The van der Waals surface area contributed by atoms with Crippen molar-refractivity contribution in [3.63, 3.8) is 0 Å². The van der Waals surface area contributed by atoms with Crippen molar-refractivity contribution >= 4 is 11.6 Å². The molecular weight excluding hydrogens is 294 g/mol. The Kier molecular flexibility index (Phi) is 4.70. The number of ether oxygens (including phenoxy) is 1. The third-order valence-electron chi connectivity index (χ3n) is 4.41. The lowest BCUT2D eigenvalue weighted by Crippen LogP contribution is -2.24. The molecule has 0 aliphatic heterocycles. The normalized spacial score (nSPS) is 15.8. The first kappa shape index (κ1) is 15.4. The van der Waals surface area contributed by atoms with Crippen molar-refractivity contribution in [3.05, 3.63) is 64.7 Å². The summed E-state index contributed by atoms with van der Waals surface area (Å²) in [4.78, 5) is 2.45. The van der Waals surface area contributed by atoms with Gasteiger partial charge in [-0.2, -0.15) is 0 Å². The topological polar surface area (TPSA) is 12.5 Å². The first-order chi connectivity index (χ1) is 10.6. The van der Waals surface area contributed by atoms with Gasteiger partial charge in [-0.1, -0.05) is 41.9 Å². The lowest BCUT2D eigenvalue weighted by molar-refractivity contribution is 0.237. The smallest absolute Gasteiger partial charge is 0.124 e. The number of hydrogen-bond acceptors (Lipinski definition) is 2. The highest BCUT2D eigenvalue weighted by Crippen LogP contribution is 2.36. The monoisotopic (exact) mass is 315 g/mol. The van der Waals surface area contributed by atoms with Crippen LogP contribution in [0.5, 0.6) is 5.75 Å². The van der Waals surface area contributed by atoms with Crippen molar-refractivity contribution in [2.24, 2.45) is 0 Å². The molecule has 0 aromatic heterocycles. The van der Waals surface area contributed by atoms with E-state index in [0.29, 0.717) is 12.6 Å². The Bertz CT molecular complexity index is 622. The minimum absolute atomic E-state index is 0.369. The highest BCUT2D eigenvalue weighted by molar-refractivity contribution is 6.30. The zero-order valence-electron chi connectivity index (χ0n) is 13.1. The van der Waals surface area contributed by atoms with E-state index in [0.717, 1.165) is 22.4 Å². The van der Waals surface area contributed by atoms with Gasteiger partial charge in [0.1, 0.15) is 12.4 Å². The van der Waals surface area contributed by atoms with Gasteiger partial charge in [0.25, 0.3) is 0 Å². The van der Waals surface area contributed by atoms with Crippen LogP contribution in [0.3, 0.4) is 0 Å². The Morgan fingerprint density at radius 2 is 1.82 bits per heavy atom. The lowest BCUT2D eigenvalue weighted by atomic mass is 10.1. The molecule has 0 heterocycles.